The molecule has 1 amide bonds. The van der Waals surface area contributed by atoms with Crippen molar-refractivity contribution in [2.45, 2.75) is 45.7 Å². The summed E-state index contributed by atoms with van der Waals surface area (Å²) in [6.45, 7) is 5.51. The van der Waals surface area contributed by atoms with Crippen molar-refractivity contribution in [2.24, 2.45) is 17.6 Å². The van der Waals surface area contributed by atoms with Gasteiger partial charge < -0.3 is 11.1 Å². The normalized spacial score (nSPS) is 26.5. The standard InChI is InChI=1S/C16H24N2O/c1-3-13-8-9-15(11(13)2)18-10-12-4-6-14(7-5-12)16(17)19/h4-7,11,13,15,18H,3,8-10H2,1-2H3,(H2,17,19). The number of primary amides is 1. The Morgan fingerprint density at radius 1 is 1.32 bits per heavy atom. The largest absolute Gasteiger partial charge is 0.366 e. The van der Waals surface area contributed by atoms with E-state index >= 15 is 0 Å². The van der Waals surface area contributed by atoms with Crippen LogP contribution in [0.15, 0.2) is 24.3 Å². The van der Waals surface area contributed by atoms with Gasteiger partial charge in [-0.25, -0.2) is 0 Å². The first kappa shape index (κ1) is 14.1. The Bertz CT molecular complexity index is 427. The summed E-state index contributed by atoms with van der Waals surface area (Å²) in [5.41, 5.74) is 7.01. The predicted octanol–water partition coefficient (Wildman–Crippen LogP) is 2.70. The molecule has 1 aromatic carbocycles. The summed E-state index contributed by atoms with van der Waals surface area (Å²) in [4.78, 5) is 11.0. The average molecular weight is 260 g/mol. The maximum atomic E-state index is 11.0. The number of carbonyl (C=O) groups excluding carboxylic acids is 1. The molecule has 3 atom stereocenters. The van der Waals surface area contributed by atoms with E-state index in [1.54, 1.807) is 12.1 Å². The van der Waals surface area contributed by atoms with Gasteiger partial charge in [0.05, 0.1) is 0 Å². The van der Waals surface area contributed by atoms with E-state index < -0.39 is 0 Å². The second-order valence-electron chi connectivity index (χ2n) is 5.65. The SMILES string of the molecule is CCC1CCC(NCc2ccc(C(N)=O)cc2)C1C. The molecule has 0 aromatic heterocycles. The van der Waals surface area contributed by atoms with Crippen molar-refractivity contribution in [2.75, 3.05) is 0 Å². The number of benzene rings is 1. The van der Waals surface area contributed by atoms with Crippen molar-refractivity contribution in [3.63, 3.8) is 0 Å². The molecule has 0 aliphatic heterocycles. The van der Waals surface area contributed by atoms with Crippen LogP contribution in [0.5, 0.6) is 0 Å². The lowest BCUT2D eigenvalue weighted by Crippen LogP contribution is -2.32. The zero-order valence-corrected chi connectivity index (χ0v) is 11.9. The van der Waals surface area contributed by atoms with E-state index in [4.69, 9.17) is 5.73 Å². The summed E-state index contributed by atoms with van der Waals surface area (Å²) in [5, 5.41) is 3.64. The second kappa shape index (κ2) is 6.20. The van der Waals surface area contributed by atoms with Crippen LogP contribution in [-0.2, 0) is 6.54 Å². The Hall–Kier alpha value is -1.35. The van der Waals surface area contributed by atoms with Gasteiger partial charge in [-0.05, 0) is 42.4 Å². The highest BCUT2D eigenvalue weighted by Crippen LogP contribution is 2.33. The van der Waals surface area contributed by atoms with Crippen molar-refractivity contribution in [3.8, 4) is 0 Å². The zero-order chi connectivity index (χ0) is 13.8. The molecule has 3 unspecified atom stereocenters. The van der Waals surface area contributed by atoms with Gasteiger partial charge in [0.25, 0.3) is 0 Å². The van der Waals surface area contributed by atoms with E-state index in [-0.39, 0.29) is 5.91 Å². The zero-order valence-electron chi connectivity index (χ0n) is 11.9. The number of amides is 1. The smallest absolute Gasteiger partial charge is 0.248 e. The van der Waals surface area contributed by atoms with Gasteiger partial charge in [0.2, 0.25) is 5.91 Å². The van der Waals surface area contributed by atoms with Gasteiger partial charge >= 0.3 is 0 Å². The third-order valence-electron chi connectivity index (χ3n) is 4.56. The molecular weight excluding hydrogens is 236 g/mol. The van der Waals surface area contributed by atoms with Crippen molar-refractivity contribution in [1.82, 2.24) is 5.32 Å². The van der Waals surface area contributed by atoms with Gasteiger partial charge in [-0.3, -0.25) is 4.79 Å². The first-order valence-corrected chi connectivity index (χ1v) is 7.24. The van der Waals surface area contributed by atoms with Crippen LogP contribution in [0, 0.1) is 11.8 Å². The summed E-state index contributed by atoms with van der Waals surface area (Å²) in [7, 11) is 0. The molecule has 3 heteroatoms. The van der Waals surface area contributed by atoms with Crippen LogP contribution in [0.25, 0.3) is 0 Å². The van der Waals surface area contributed by atoms with Crippen molar-refractivity contribution >= 4 is 5.91 Å². The van der Waals surface area contributed by atoms with Gasteiger partial charge in [0.15, 0.2) is 0 Å². The molecule has 0 spiro atoms. The van der Waals surface area contributed by atoms with Crippen LogP contribution in [0.2, 0.25) is 0 Å². The Morgan fingerprint density at radius 2 is 2.00 bits per heavy atom. The van der Waals surface area contributed by atoms with Gasteiger partial charge in [-0.15, -0.1) is 0 Å². The summed E-state index contributed by atoms with van der Waals surface area (Å²) in [5.74, 6) is 1.26. The Balaban J connectivity index is 1.87. The summed E-state index contributed by atoms with van der Waals surface area (Å²) in [6, 6.07) is 8.17. The predicted molar refractivity (Wildman–Crippen MR) is 77.8 cm³/mol. The fourth-order valence-corrected chi connectivity index (χ4v) is 3.15. The minimum absolute atomic E-state index is 0.366. The molecule has 1 fully saturated rings. The van der Waals surface area contributed by atoms with Crippen LogP contribution in [0.4, 0.5) is 0 Å². The molecule has 3 N–H and O–H groups in total. The Labute approximate surface area is 115 Å². The van der Waals surface area contributed by atoms with E-state index in [2.05, 4.69) is 19.2 Å². The number of nitrogens with two attached hydrogens (primary N) is 1. The minimum atomic E-state index is -0.366. The van der Waals surface area contributed by atoms with Gasteiger partial charge in [0, 0.05) is 18.2 Å². The van der Waals surface area contributed by atoms with Crippen molar-refractivity contribution in [1.29, 1.82) is 0 Å². The number of rotatable bonds is 5. The highest BCUT2D eigenvalue weighted by atomic mass is 16.1. The first-order chi connectivity index (χ1) is 9.11. The minimum Gasteiger partial charge on any atom is -0.366 e. The Kier molecular flexibility index (Phi) is 4.59. The Morgan fingerprint density at radius 3 is 2.53 bits per heavy atom. The maximum Gasteiger partial charge on any atom is 0.248 e. The second-order valence-corrected chi connectivity index (χ2v) is 5.65. The van der Waals surface area contributed by atoms with Crippen LogP contribution >= 0.6 is 0 Å². The quantitative estimate of drug-likeness (QED) is 0.855. The van der Waals surface area contributed by atoms with Gasteiger partial charge in [-0.1, -0.05) is 32.4 Å². The molecule has 104 valence electrons. The topological polar surface area (TPSA) is 55.1 Å². The van der Waals surface area contributed by atoms with Gasteiger partial charge in [0.1, 0.15) is 0 Å². The van der Waals surface area contributed by atoms with Crippen LogP contribution in [0.1, 0.15) is 49.0 Å². The molecule has 0 saturated heterocycles. The molecule has 1 aliphatic carbocycles. The van der Waals surface area contributed by atoms with Crippen LogP contribution in [-0.4, -0.2) is 11.9 Å². The lowest BCUT2D eigenvalue weighted by molar-refractivity contribution is 0.100. The number of hydrogen-bond donors (Lipinski definition) is 2. The molecule has 0 bridgehead atoms. The van der Waals surface area contributed by atoms with Crippen molar-refractivity contribution in [3.05, 3.63) is 35.4 Å². The number of nitrogens with one attached hydrogen (secondary N) is 1. The van der Waals surface area contributed by atoms with E-state index in [0.29, 0.717) is 11.6 Å². The molecule has 19 heavy (non-hydrogen) atoms. The fourth-order valence-electron chi connectivity index (χ4n) is 3.15. The maximum absolute atomic E-state index is 11.0. The van der Waals surface area contributed by atoms with E-state index in [0.717, 1.165) is 18.4 Å². The lowest BCUT2D eigenvalue weighted by atomic mass is 9.93. The van der Waals surface area contributed by atoms with E-state index in [1.807, 2.05) is 12.1 Å². The third-order valence-corrected chi connectivity index (χ3v) is 4.56. The molecule has 2 rings (SSSR count). The molecule has 0 radical (unpaired) electrons. The van der Waals surface area contributed by atoms with Crippen LogP contribution < -0.4 is 11.1 Å². The summed E-state index contributed by atoms with van der Waals surface area (Å²) < 4.78 is 0. The lowest BCUT2D eigenvalue weighted by Gasteiger charge is -2.21. The highest BCUT2D eigenvalue weighted by Gasteiger charge is 2.30. The molecule has 1 saturated carbocycles. The molecule has 1 aromatic rings. The average Bonchev–Trinajstić information content (AvgIpc) is 2.77. The number of hydrogen-bond acceptors (Lipinski definition) is 2. The third kappa shape index (κ3) is 3.35. The highest BCUT2D eigenvalue weighted by molar-refractivity contribution is 5.92. The van der Waals surface area contributed by atoms with E-state index in [1.165, 1.54) is 24.8 Å². The fraction of sp³-hybridized carbons (Fsp3) is 0.562. The van der Waals surface area contributed by atoms with Crippen LogP contribution in [0.3, 0.4) is 0 Å². The molecule has 1 aliphatic rings. The van der Waals surface area contributed by atoms with Gasteiger partial charge in [-0.2, -0.15) is 0 Å². The number of carbonyl (C=O) groups is 1. The van der Waals surface area contributed by atoms with Crippen molar-refractivity contribution < 1.29 is 4.79 Å². The monoisotopic (exact) mass is 260 g/mol. The molecular formula is C16H24N2O. The summed E-state index contributed by atoms with van der Waals surface area (Å²) in [6.07, 6.45) is 3.90. The molecule has 0 heterocycles. The summed E-state index contributed by atoms with van der Waals surface area (Å²) >= 11 is 0. The van der Waals surface area contributed by atoms with E-state index in [9.17, 15) is 4.79 Å². The first-order valence-electron chi connectivity index (χ1n) is 7.24. The molecule has 3 nitrogen and oxygen atoms in total.